The number of rotatable bonds is 7. The molecule has 0 saturated heterocycles. The summed E-state index contributed by atoms with van der Waals surface area (Å²) in [5.74, 6) is 0.757. The van der Waals surface area contributed by atoms with E-state index in [1.165, 1.54) is 26.4 Å². The molecule has 6 nitrogen and oxygen atoms in total. The second kappa shape index (κ2) is 7.57. The fraction of sp³-hybridized carbons (Fsp3) is 0.222. The maximum Gasteiger partial charge on any atom is 0.244 e. The number of halogens is 1. The number of fused-ring (bicyclic) bond motifs is 1. The number of H-pyrrole nitrogens is 1. The van der Waals surface area contributed by atoms with Crippen LogP contribution in [0.4, 0.5) is 0 Å². The Labute approximate surface area is 157 Å². The van der Waals surface area contributed by atoms with Crippen LogP contribution in [0, 0.1) is 0 Å². The van der Waals surface area contributed by atoms with Gasteiger partial charge in [-0.3, -0.25) is 0 Å². The van der Waals surface area contributed by atoms with Crippen molar-refractivity contribution in [2.24, 2.45) is 0 Å². The van der Waals surface area contributed by atoms with Crippen LogP contribution < -0.4 is 14.2 Å². The molecule has 0 bridgehead atoms. The molecule has 138 valence electrons. The van der Waals surface area contributed by atoms with Crippen molar-refractivity contribution in [1.82, 2.24) is 9.71 Å². The zero-order valence-electron chi connectivity index (χ0n) is 14.4. The highest BCUT2D eigenvalue weighted by Gasteiger charge is 2.20. The van der Waals surface area contributed by atoms with Crippen molar-refractivity contribution in [2.75, 3.05) is 20.8 Å². The number of nitrogens with one attached hydrogen (secondary N) is 2. The predicted octanol–water partition coefficient (Wildman–Crippen LogP) is 3.36. The summed E-state index contributed by atoms with van der Waals surface area (Å²) in [7, 11) is -0.781. The molecule has 0 unspecified atom stereocenters. The van der Waals surface area contributed by atoms with Gasteiger partial charge in [-0.05, 0) is 42.3 Å². The van der Waals surface area contributed by atoms with Crippen molar-refractivity contribution < 1.29 is 17.9 Å². The molecule has 0 aliphatic heterocycles. The van der Waals surface area contributed by atoms with Gasteiger partial charge in [-0.25, -0.2) is 13.1 Å². The van der Waals surface area contributed by atoms with Gasteiger partial charge in [-0.2, -0.15) is 0 Å². The van der Waals surface area contributed by atoms with Crippen LogP contribution in [-0.4, -0.2) is 34.2 Å². The molecule has 0 amide bonds. The Morgan fingerprint density at radius 3 is 2.65 bits per heavy atom. The summed E-state index contributed by atoms with van der Waals surface area (Å²) in [6, 6.07) is 10.2. The van der Waals surface area contributed by atoms with Crippen molar-refractivity contribution >= 4 is 32.5 Å². The monoisotopic (exact) mass is 394 g/mol. The highest BCUT2D eigenvalue weighted by atomic mass is 35.5. The fourth-order valence-corrected chi connectivity index (χ4v) is 4.10. The largest absolute Gasteiger partial charge is 0.497 e. The lowest BCUT2D eigenvalue weighted by Crippen LogP contribution is -2.26. The third-order valence-corrected chi connectivity index (χ3v) is 5.81. The first kappa shape index (κ1) is 18.6. The van der Waals surface area contributed by atoms with Gasteiger partial charge in [-0.15, -0.1) is 0 Å². The molecule has 0 fully saturated rings. The van der Waals surface area contributed by atoms with Crippen LogP contribution in [0.2, 0.25) is 5.02 Å². The summed E-state index contributed by atoms with van der Waals surface area (Å²) < 4.78 is 38.1. The van der Waals surface area contributed by atoms with E-state index in [0.717, 1.165) is 16.5 Å². The molecule has 3 aromatic rings. The zero-order valence-corrected chi connectivity index (χ0v) is 15.9. The van der Waals surface area contributed by atoms with E-state index in [0.29, 0.717) is 17.2 Å². The Hall–Kier alpha value is -2.22. The quantitative estimate of drug-likeness (QED) is 0.644. The lowest BCUT2D eigenvalue weighted by molar-refractivity contribution is 0.386. The highest BCUT2D eigenvalue weighted by Crippen LogP contribution is 2.28. The summed E-state index contributed by atoms with van der Waals surface area (Å²) in [6.45, 7) is 0.247. The minimum Gasteiger partial charge on any atom is -0.497 e. The molecule has 0 aliphatic rings. The van der Waals surface area contributed by atoms with Crippen LogP contribution in [0.3, 0.4) is 0 Å². The molecule has 1 aromatic heterocycles. The zero-order chi connectivity index (χ0) is 18.7. The van der Waals surface area contributed by atoms with Gasteiger partial charge in [0.2, 0.25) is 10.0 Å². The molecule has 8 heteroatoms. The standard InChI is InChI=1S/C18H19ClN2O4S/c1-24-14-4-6-18(17(10-14)25-2)26(22,23)21-8-7-12-11-20-16-5-3-13(19)9-15(12)16/h3-6,9-11,20-21H,7-8H2,1-2H3. The molecule has 0 atom stereocenters. The van der Waals surface area contributed by atoms with Crippen molar-refractivity contribution in [2.45, 2.75) is 11.3 Å². The third kappa shape index (κ3) is 3.80. The molecule has 2 N–H and O–H groups in total. The molecular formula is C18H19ClN2O4S. The first-order valence-corrected chi connectivity index (χ1v) is 9.78. The van der Waals surface area contributed by atoms with E-state index < -0.39 is 10.0 Å². The van der Waals surface area contributed by atoms with Crippen molar-refractivity contribution in [3.05, 3.63) is 53.2 Å². The maximum atomic E-state index is 12.6. The van der Waals surface area contributed by atoms with Crippen molar-refractivity contribution in [3.8, 4) is 11.5 Å². The first-order valence-electron chi connectivity index (χ1n) is 7.92. The molecule has 2 aromatic carbocycles. The van der Waals surface area contributed by atoms with Gasteiger partial charge in [0.05, 0.1) is 14.2 Å². The first-order chi connectivity index (χ1) is 12.4. The summed E-state index contributed by atoms with van der Waals surface area (Å²) in [6.07, 6.45) is 2.39. The second-order valence-corrected chi connectivity index (χ2v) is 7.84. The molecular weight excluding hydrogens is 376 g/mol. The van der Waals surface area contributed by atoms with E-state index in [-0.39, 0.29) is 17.2 Å². The van der Waals surface area contributed by atoms with Gasteiger partial charge in [0.1, 0.15) is 16.4 Å². The Morgan fingerprint density at radius 2 is 1.92 bits per heavy atom. The maximum absolute atomic E-state index is 12.6. The Bertz CT molecular complexity index is 1030. The molecule has 3 rings (SSSR count). The van der Waals surface area contributed by atoms with Gasteiger partial charge in [-0.1, -0.05) is 11.6 Å². The van der Waals surface area contributed by atoms with Crippen LogP contribution in [0.5, 0.6) is 11.5 Å². The minimum absolute atomic E-state index is 0.0720. The molecule has 26 heavy (non-hydrogen) atoms. The second-order valence-electron chi connectivity index (χ2n) is 5.67. The number of ether oxygens (including phenoxy) is 2. The van der Waals surface area contributed by atoms with E-state index in [4.69, 9.17) is 21.1 Å². The summed E-state index contributed by atoms with van der Waals surface area (Å²) in [4.78, 5) is 3.23. The molecule has 1 heterocycles. The van der Waals surface area contributed by atoms with Crippen LogP contribution >= 0.6 is 11.6 Å². The minimum atomic E-state index is -3.71. The number of aromatic nitrogens is 1. The Morgan fingerprint density at radius 1 is 1.12 bits per heavy atom. The predicted molar refractivity (Wildman–Crippen MR) is 102 cm³/mol. The van der Waals surface area contributed by atoms with Gasteiger partial charge in [0.15, 0.2) is 0 Å². The summed E-state index contributed by atoms with van der Waals surface area (Å²) >= 11 is 6.04. The lowest BCUT2D eigenvalue weighted by atomic mass is 10.1. The van der Waals surface area contributed by atoms with Crippen LogP contribution in [0.1, 0.15) is 5.56 Å². The fourth-order valence-electron chi connectivity index (χ4n) is 2.75. The highest BCUT2D eigenvalue weighted by molar-refractivity contribution is 7.89. The van der Waals surface area contributed by atoms with Gasteiger partial charge < -0.3 is 14.5 Å². The molecule has 0 spiro atoms. The van der Waals surface area contributed by atoms with Gasteiger partial charge in [0, 0.05) is 34.7 Å². The smallest absolute Gasteiger partial charge is 0.244 e. The SMILES string of the molecule is COc1ccc(S(=O)(=O)NCCc2c[nH]c3ccc(Cl)cc23)c(OC)c1. The third-order valence-electron chi connectivity index (χ3n) is 4.08. The average Bonchev–Trinajstić information content (AvgIpc) is 3.03. The van der Waals surface area contributed by atoms with Crippen LogP contribution in [-0.2, 0) is 16.4 Å². The number of hydrogen-bond acceptors (Lipinski definition) is 4. The number of methoxy groups -OCH3 is 2. The van der Waals surface area contributed by atoms with Crippen LogP contribution in [0.25, 0.3) is 10.9 Å². The number of sulfonamides is 1. The van der Waals surface area contributed by atoms with E-state index in [1.807, 2.05) is 24.4 Å². The van der Waals surface area contributed by atoms with E-state index >= 15 is 0 Å². The summed E-state index contributed by atoms with van der Waals surface area (Å²) in [5.41, 5.74) is 1.95. The molecule has 0 aliphatic carbocycles. The Kier molecular flexibility index (Phi) is 5.41. The van der Waals surface area contributed by atoms with Crippen LogP contribution in [0.15, 0.2) is 47.5 Å². The van der Waals surface area contributed by atoms with Gasteiger partial charge >= 0.3 is 0 Å². The van der Waals surface area contributed by atoms with Crippen molar-refractivity contribution in [1.29, 1.82) is 0 Å². The average molecular weight is 395 g/mol. The molecule has 0 saturated carbocycles. The van der Waals surface area contributed by atoms with E-state index in [9.17, 15) is 8.42 Å². The topological polar surface area (TPSA) is 80.4 Å². The van der Waals surface area contributed by atoms with E-state index in [1.54, 1.807) is 6.07 Å². The normalized spacial score (nSPS) is 11.7. The van der Waals surface area contributed by atoms with Gasteiger partial charge in [0.25, 0.3) is 0 Å². The summed E-state index contributed by atoms with van der Waals surface area (Å²) in [5, 5.41) is 1.63. The van der Waals surface area contributed by atoms with E-state index in [2.05, 4.69) is 9.71 Å². The Balaban J connectivity index is 1.75. The number of hydrogen-bond donors (Lipinski definition) is 2. The lowest BCUT2D eigenvalue weighted by Gasteiger charge is -2.12. The molecule has 0 radical (unpaired) electrons. The number of benzene rings is 2. The van der Waals surface area contributed by atoms with Crippen molar-refractivity contribution in [3.63, 3.8) is 0 Å². The number of aromatic amines is 1.